The summed E-state index contributed by atoms with van der Waals surface area (Å²) in [6.45, 7) is 0. The number of hydrogen-bond donors (Lipinski definition) is 0. The van der Waals surface area contributed by atoms with E-state index in [1.54, 1.807) is 24.2 Å². The first-order chi connectivity index (χ1) is 6.45. The zero-order valence-corrected chi connectivity index (χ0v) is 8.48. The van der Waals surface area contributed by atoms with Crippen LogP contribution in [0.5, 0.6) is 0 Å². The molecule has 2 rings (SSSR count). The molecule has 13 heavy (non-hydrogen) atoms. The Morgan fingerprint density at radius 2 is 2.46 bits per heavy atom. The summed E-state index contributed by atoms with van der Waals surface area (Å²) >= 11 is 3.25. The van der Waals surface area contributed by atoms with Crippen LogP contribution in [0.1, 0.15) is 10.6 Å². The maximum absolute atomic E-state index is 5.20. The maximum atomic E-state index is 5.20. The van der Waals surface area contributed by atoms with Gasteiger partial charge in [-0.15, -0.1) is 16.9 Å². The van der Waals surface area contributed by atoms with Gasteiger partial charge >= 0.3 is 0 Å². The Morgan fingerprint density at radius 3 is 3.15 bits per heavy atom. The molecule has 0 unspecified atom stereocenters. The molecule has 0 radical (unpaired) electrons. The Morgan fingerprint density at radius 1 is 1.46 bits per heavy atom. The fourth-order valence-electron chi connectivity index (χ4n) is 0.898. The molecule has 0 N–H and O–H groups in total. The monoisotopic (exact) mass is 212 g/mol. The fourth-order valence-corrected chi connectivity index (χ4v) is 2.40. The van der Waals surface area contributed by atoms with E-state index in [1.807, 2.05) is 12.1 Å². The highest BCUT2D eigenvalue weighted by Crippen LogP contribution is 2.18. The number of thioether (sulfide) groups is 1. The fraction of sp³-hybridized carbons (Fsp3) is 0.250. The van der Waals surface area contributed by atoms with Crippen molar-refractivity contribution in [1.29, 1.82) is 0 Å². The van der Waals surface area contributed by atoms with Gasteiger partial charge in [0.1, 0.15) is 5.76 Å². The number of aromatic nitrogens is 2. The predicted molar refractivity (Wildman–Crippen MR) is 53.6 cm³/mol. The van der Waals surface area contributed by atoms with Crippen LogP contribution in [0, 0.1) is 0 Å². The zero-order chi connectivity index (χ0) is 8.93. The van der Waals surface area contributed by atoms with Crippen LogP contribution in [-0.2, 0) is 11.5 Å². The largest absolute Gasteiger partial charge is 0.468 e. The van der Waals surface area contributed by atoms with Crippen molar-refractivity contribution in [3.63, 3.8) is 0 Å². The van der Waals surface area contributed by atoms with Gasteiger partial charge in [-0.3, -0.25) is 0 Å². The molecule has 2 heterocycles. The first-order valence-electron chi connectivity index (χ1n) is 3.81. The van der Waals surface area contributed by atoms with E-state index in [1.165, 1.54) is 16.4 Å². The van der Waals surface area contributed by atoms with Gasteiger partial charge in [0.15, 0.2) is 0 Å². The van der Waals surface area contributed by atoms with Crippen LogP contribution < -0.4 is 0 Å². The van der Waals surface area contributed by atoms with E-state index >= 15 is 0 Å². The molecule has 0 amide bonds. The van der Waals surface area contributed by atoms with Crippen LogP contribution in [0.25, 0.3) is 0 Å². The molecular formula is C8H8N2OS2. The molecule has 0 aliphatic carbocycles. The number of hydrogen-bond acceptors (Lipinski definition) is 5. The van der Waals surface area contributed by atoms with Crippen molar-refractivity contribution in [3.05, 3.63) is 35.2 Å². The standard InChI is InChI=1S/C8H8N2OS2/c1-2-7(11-3-1)5-12-6-8-4-9-10-13-8/h1-4H,5-6H2. The lowest BCUT2D eigenvalue weighted by molar-refractivity contribution is 0.530. The minimum Gasteiger partial charge on any atom is -0.468 e. The molecular weight excluding hydrogens is 204 g/mol. The van der Waals surface area contributed by atoms with E-state index in [2.05, 4.69) is 9.59 Å². The molecule has 0 aliphatic heterocycles. The van der Waals surface area contributed by atoms with E-state index in [-0.39, 0.29) is 0 Å². The summed E-state index contributed by atoms with van der Waals surface area (Å²) in [6.07, 6.45) is 3.50. The average Bonchev–Trinajstić information content (AvgIpc) is 2.75. The van der Waals surface area contributed by atoms with Crippen LogP contribution in [0.15, 0.2) is 29.0 Å². The molecule has 0 aliphatic rings. The van der Waals surface area contributed by atoms with Crippen molar-refractivity contribution in [1.82, 2.24) is 9.59 Å². The molecule has 0 bridgehead atoms. The molecule has 0 fully saturated rings. The lowest BCUT2D eigenvalue weighted by atomic mass is 10.5. The summed E-state index contributed by atoms with van der Waals surface area (Å²) in [5, 5.41) is 3.77. The zero-order valence-electron chi connectivity index (χ0n) is 6.84. The molecule has 0 saturated heterocycles. The van der Waals surface area contributed by atoms with E-state index in [0.29, 0.717) is 0 Å². The number of nitrogens with zero attached hydrogens (tertiary/aromatic N) is 2. The highest BCUT2D eigenvalue weighted by atomic mass is 32.2. The third-order valence-electron chi connectivity index (χ3n) is 1.48. The van der Waals surface area contributed by atoms with E-state index in [4.69, 9.17) is 4.42 Å². The van der Waals surface area contributed by atoms with Gasteiger partial charge in [-0.25, -0.2) is 0 Å². The minimum absolute atomic E-state index is 0.908. The molecule has 0 spiro atoms. The topological polar surface area (TPSA) is 38.9 Å². The average molecular weight is 212 g/mol. The van der Waals surface area contributed by atoms with Crippen LogP contribution in [0.2, 0.25) is 0 Å². The van der Waals surface area contributed by atoms with Crippen LogP contribution in [-0.4, -0.2) is 9.59 Å². The van der Waals surface area contributed by atoms with Gasteiger partial charge in [0.2, 0.25) is 0 Å². The first kappa shape index (κ1) is 8.77. The molecule has 2 aromatic rings. The van der Waals surface area contributed by atoms with Crippen molar-refractivity contribution >= 4 is 23.3 Å². The van der Waals surface area contributed by atoms with Gasteiger partial charge < -0.3 is 4.42 Å². The predicted octanol–water partition coefficient (Wildman–Crippen LogP) is 2.56. The maximum Gasteiger partial charge on any atom is 0.113 e. The summed E-state index contributed by atoms with van der Waals surface area (Å²) in [5.74, 6) is 2.88. The van der Waals surface area contributed by atoms with Gasteiger partial charge in [0, 0.05) is 5.75 Å². The van der Waals surface area contributed by atoms with E-state index in [0.717, 1.165) is 17.3 Å². The summed E-state index contributed by atoms with van der Waals surface area (Å²) in [6, 6.07) is 3.89. The summed E-state index contributed by atoms with van der Waals surface area (Å²) in [4.78, 5) is 1.21. The molecule has 0 saturated carbocycles. The Balaban J connectivity index is 1.76. The quantitative estimate of drug-likeness (QED) is 0.780. The second-order valence-electron chi connectivity index (χ2n) is 2.46. The SMILES string of the molecule is c1coc(CSCc2cnns2)c1. The molecule has 0 aromatic carbocycles. The minimum atomic E-state index is 0.908. The van der Waals surface area contributed by atoms with Crippen LogP contribution in [0.3, 0.4) is 0 Å². The van der Waals surface area contributed by atoms with Crippen molar-refractivity contribution in [2.45, 2.75) is 11.5 Å². The molecule has 68 valence electrons. The molecule has 2 aromatic heterocycles. The van der Waals surface area contributed by atoms with E-state index in [9.17, 15) is 0 Å². The van der Waals surface area contributed by atoms with Crippen molar-refractivity contribution in [2.24, 2.45) is 0 Å². The lowest BCUT2D eigenvalue weighted by Crippen LogP contribution is -1.76. The van der Waals surface area contributed by atoms with Gasteiger partial charge in [0.05, 0.1) is 23.1 Å². The third-order valence-corrected chi connectivity index (χ3v) is 3.32. The Kier molecular flexibility index (Phi) is 2.99. The van der Waals surface area contributed by atoms with Crippen LogP contribution >= 0.6 is 23.3 Å². The lowest BCUT2D eigenvalue weighted by Gasteiger charge is -1.94. The second-order valence-corrected chi connectivity index (χ2v) is 4.31. The van der Waals surface area contributed by atoms with Gasteiger partial charge in [-0.1, -0.05) is 4.49 Å². The molecule has 5 heteroatoms. The third kappa shape index (κ3) is 2.57. The molecule has 0 atom stereocenters. The first-order valence-corrected chi connectivity index (χ1v) is 5.74. The number of furan rings is 1. The van der Waals surface area contributed by atoms with E-state index < -0.39 is 0 Å². The van der Waals surface area contributed by atoms with Gasteiger partial charge in [-0.2, -0.15) is 0 Å². The summed E-state index contributed by atoms with van der Waals surface area (Å²) < 4.78 is 9.00. The van der Waals surface area contributed by atoms with Crippen molar-refractivity contribution in [2.75, 3.05) is 0 Å². The highest BCUT2D eigenvalue weighted by molar-refractivity contribution is 7.97. The normalized spacial score (nSPS) is 10.5. The second kappa shape index (κ2) is 4.43. The summed E-state index contributed by atoms with van der Waals surface area (Å²) in [5.41, 5.74) is 0. The Labute approximate surface area is 84.3 Å². The van der Waals surface area contributed by atoms with Crippen molar-refractivity contribution in [3.8, 4) is 0 Å². The van der Waals surface area contributed by atoms with Crippen LogP contribution in [0.4, 0.5) is 0 Å². The Hall–Kier alpha value is -0.810. The van der Waals surface area contributed by atoms with Crippen molar-refractivity contribution < 1.29 is 4.42 Å². The summed E-state index contributed by atoms with van der Waals surface area (Å²) in [7, 11) is 0. The van der Waals surface area contributed by atoms with Gasteiger partial charge in [-0.05, 0) is 23.7 Å². The molecule has 3 nitrogen and oxygen atoms in total. The highest BCUT2D eigenvalue weighted by Gasteiger charge is 1.98. The smallest absolute Gasteiger partial charge is 0.113 e. The number of rotatable bonds is 4. The van der Waals surface area contributed by atoms with Gasteiger partial charge in [0.25, 0.3) is 0 Å². The Bertz CT molecular complexity index is 297.